The number of benzene rings is 2. The van der Waals surface area contributed by atoms with Crippen molar-refractivity contribution in [2.75, 3.05) is 6.61 Å². The van der Waals surface area contributed by atoms with Gasteiger partial charge in [-0.25, -0.2) is 0 Å². The summed E-state index contributed by atoms with van der Waals surface area (Å²) in [6, 6.07) is 19.0. The predicted octanol–water partition coefficient (Wildman–Crippen LogP) is 3.78. The third-order valence-corrected chi connectivity index (χ3v) is 3.78. The highest BCUT2D eigenvalue weighted by Gasteiger charge is 2.24. The predicted molar refractivity (Wildman–Crippen MR) is 99.0 cm³/mol. The normalized spacial score (nSPS) is 13.9. The van der Waals surface area contributed by atoms with Crippen molar-refractivity contribution in [3.63, 3.8) is 0 Å². The van der Waals surface area contributed by atoms with Gasteiger partial charge in [0.05, 0.1) is 19.1 Å². The Kier molecular flexibility index (Phi) is 6.73. The number of hydrogen-bond acceptors (Lipinski definition) is 4. The molecule has 2 aromatic carbocycles. The van der Waals surface area contributed by atoms with Gasteiger partial charge in [0.25, 0.3) is 0 Å². The lowest BCUT2D eigenvalue weighted by Crippen LogP contribution is -2.32. The van der Waals surface area contributed by atoms with Crippen LogP contribution >= 0.6 is 0 Å². The van der Waals surface area contributed by atoms with Crippen LogP contribution in [0.5, 0.6) is 0 Å². The lowest BCUT2D eigenvalue weighted by atomic mass is 10.00. The Hall–Kier alpha value is -2.17. The maximum absolute atomic E-state index is 12.3. The first-order valence-corrected chi connectivity index (χ1v) is 8.57. The third kappa shape index (κ3) is 6.33. The van der Waals surface area contributed by atoms with E-state index in [0.717, 1.165) is 11.1 Å². The van der Waals surface area contributed by atoms with Crippen molar-refractivity contribution in [2.45, 2.75) is 44.9 Å². The average Bonchev–Trinajstić information content (AvgIpc) is 2.58. The van der Waals surface area contributed by atoms with Gasteiger partial charge in [-0.3, -0.25) is 4.79 Å². The summed E-state index contributed by atoms with van der Waals surface area (Å²) in [6.07, 6.45) is 0.199. The molecular weight excluding hydrogens is 314 g/mol. The van der Waals surface area contributed by atoms with E-state index in [-0.39, 0.29) is 31.1 Å². The number of carbonyl (C=O) groups excluding carboxylic acids is 1. The molecular formula is C21H27NO3. The van der Waals surface area contributed by atoms with Gasteiger partial charge >= 0.3 is 5.97 Å². The minimum Gasteiger partial charge on any atom is -0.460 e. The lowest BCUT2D eigenvalue weighted by molar-refractivity contribution is -0.155. The van der Waals surface area contributed by atoms with E-state index in [1.54, 1.807) is 0 Å². The van der Waals surface area contributed by atoms with E-state index in [2.05, 4.69) is 5.32 Å². The summed E-state index contributed by atoms with van der Waals surface area (Å²) >= 11 is 0. The first-order chi connectivity index (χ1) is 11.9. The van der Waals surface area contributed by atoms with Crippen LogP contribution in [0.25, 0.3) is 0 Å². The second-order valence-electron chi connectivity index (χ2n) is 7.07. The molecule has 25 heavy (non-hydrogen) atoms. The van der Waals surface area contributed by atoms with Gasteiger partial charge in [-0.2, -0.15) is 0 Å². The molecule has 134 valence electrons. The standard InChI is InChI=1S/C21H27NO3/c1-21(2,3)25-20(24)14-18(16-10-6-4-7-11-16)22-19(15-23)17-12-8-5-9-13-17/h4-13,18-19,22-23H,14-15H2,1-3H3/t18-,19+/m0/s1. The molecule has 0 spiro atoms. The monoisotopic (exact) mass is 341 g/mol. The number of carbonyl (C=O) groups is 1. The molecule has 0 saturated heterocycles. The molecule has 0 aliphatic rings. The van der Waals surface area contributed by atoms with Crippen LogP contribution in [0.4, 0.5) is 0 Å². The number of rotatable bonds is 7. The summed E-state index contributed by atoms with van der Waals surface area (Å²) in [5.74, 6) is -0.265. The fraction of sp³-hybridized carbons (Fsp3) is 0.381. The molecule has 2 N–H and O–H groups in total. The Morgan fingerprint density at radius 2 is 1.44 bits per heavy atom. The van der Waals surface area contributed by atoms with Crippen molar-refractivity contribution in [3.8, 4) is 0 Å². The van der Waals surface area contributed by atoms with Crippen LogP contribution in [-0.2, 0) is 9.53 Å². The summed E-state index contributed by atoms with van der Waals surface area (Å²) in [5, 5.41) is 13.2. The second kappa shape index (κ2) is 8.79. The van der Waals surface area contributed by atoms with Gasteiger partial charge in [0.2, 0.25) is 0 Å². The Balaban J connectivity index is 2.18. The van der Waals surface area contributed by atoms with Gasteiger partial charge in [-0.1, -0.05) is 60.7 Å². The lowest BCUT2D eigenvalue weighted by Gasteiger charge is -2.27. The topological polar surface area (TPSA) is 58.6 Å². The van der Waals surface area contributed by atoms with E-state index >= 15 is 0 Å². The minimum absolute atomic E-state index is 0.0539. The van der Waals surface area contributed by atoms with Gasteiger partial charge in [0.1, 0.15) is 5.60 Å². The number of aliphatic hydroxyl groups is 1. The first-order valence-electron chi connectivity index (χ1n) is 8.57. The quantitative estimate of drug-likeness (QED) is 0.753. The molecule has 2 aromatic rings. The van der Waals surface area contributed by atoms with E-state index in [1.165, 1.54) is 0 Å². The molecule has 0 radical (unpaired) electrons. The highest BCUT2D eigenvalue weighted by Crippen LogP contribution is 2.24. The molecule has 2 atom stereocenters. The largest absolute Gasteiger partial charge is 0.460 e. The third-order valence-electron chi connectivity index (χ3n) is 3.78. The van der Waals surface area contributed by atoms with Crippen LogP contribution in [0, 0.1) is 0 Å². The van der Waals surface area contributed by atoms with Crippen LogP contribution in [0.1, 0.15) is 50.4 Å². The number of esters is 1. The maximum atomic E-state index is 12.3. The Morgan fingerprint density at radius 1 is 0.960 bits per heavy atom. The SMILES string of the molecule is CC(C)(C)OC(=O)C[C@H](N[C@H](CO)c1ccccc1)c1ccccc1. The first kappa shape index (κ1) is 19.2. The van der Waals surface area contributed by atoms with E-state index in [1.807, 2.05) is 81.4 Å². The van der Waals surface area contributed by atoms with Crippen molar-refractivity contribution in [1.29, 1.82) is 0 Å². The molecule has 0 aliphatic heterocycles. The van der Waals surface area contributed by atoms with E-state index in [0.29, 0.717) is 0 Å². The van der Waals surface area contributed by atoms with E-state index in [9.17, 15) is 9.90 Å². The molecule has 2 rings (SSSR count). The fourth-order valence-electron chi connectivity index (χ4n) is 2.69. The summed E-state index contributed by atoms with van der Waals surface area (Å²) in [5.41, 5.74) is 1.45. The maximum Gasteiger partial charge on any atom is 0.308 e. The number of hydrogen-bond donors (Lipinski definition) is 2. The zero-order chi connectivity index (χ0) is 18.3. The summed E-state index contributed by atoms with van der Waals surface area (Å²) in [6.45, 7) is 5.52. The van der Waals surface area contributed by atoms with Crippen molar-refractivity contribution < 1.29 is 14.6 Å². The van der Waals surface area contributed by atoms with Gasteiger partial charge in [0, 0.05) is 6.04 Å². The Morgan fingerprint density at radius 3 is 1.88 bits per heavy atom. The second-order valence-corrected chi connectivity index (χ2v) is 7.07. The zero-order valence-corrected chi connectivity index (χ0v) is 15.1. The molecule has 0 saturated carbocycles. The van der Waals surface area contributed by atoms with Crippen LogP contribution in [0.3, 0.4) is 0 Å². The van der Waals surface area contributed by atoms with E-state index in [4.69, 9.17) is 4.74 Å². The van der Waals surface area contributed by atoms with Gasteiger partial charge in [0.15, 0.2) is 0 Å². The molecule has 0 aromatic heterocycles. The van der Waals surface area contributed by atoms with Crippen LogP contribution in [0.15, 0.2) is 60.7 Å². The number of nitrogens with one attached hydrogen (secondary N) is 1. The molecule has 0 fully saturated rings. The number of ether oxygens (including phenoxy) is 1. The van der Waals surface area contributed by atoms with Crippen LogP contribution in [0.2, 0.25) is 0 Å². The molecule has 4 nitrogen and oxygen atoms in total. The van der Waals surface area contributed by atoms with Crippen molar-refractivity contribution in [2.24, 2.45) is 0 Å². The minimum atomic E-state index is -0.520. The van der Waals surface area contributed by atoms with Crippen LogP contribution in [-0.4, -0.2) is 23.3 Å². The van der Waals surface area contributed by atoms with Crippen molar-refractivity contribution >= 4 is 5.97 Å². The van der Waals surface area contributed by atoms with Crippen LogP contribution < -0.4 is 5.32 Å². The summed E-state index contributed by atoms with van der Waals surface area (Å²) < 4.78 is 5.47. The highest BCUT2D eigenvalue weighted by molar-refractivity contribution is 5.71. The molecule has 0 bridgehead atoms. The zero-order valence-electron chi connectivity index (χ0n) is 15.1. The number of aliphatic hydroxyl groups excluding tert-OH is 1. The van der Waals surface area contributed by atoms with Gasteiger partial charge < -0.3 is 15.2 Å². The smallest absolute Gasteiger partial charge is 0.308 e. The van der Waals surface area contributed by atoms with Gasteiger partial charge in [-0.05, 0) is 31.9 Å². The fourth-order valence-corrected chi connectivity index (χ4v) is 2.69. The van der Waals surface area contributed by atoms with E-state index < -0.39 is 5.60 Å². The Labute approximate surface area is 149 Å². The summed E-state index contributed by atoms with van der Waals surface area (Å²) in [4.78, 5) is 12.3. The molecule has 0 amide bonds. The highest BCUT2D eigenvalue weighted by atomic mass is 16.6. The van der Waals surface area contributed by atoms with Gasteiger partial charge in [-0.15, -0.1) is 0 Å². The van der Waals surface area contributed by atoms with Crippen molar-refractivity contribution in [3.05, 3.63) is 71.8 Å². The molecule has 4 heteroatoms. The van der Waals surface area contributed by atoms with Crippen molar-refractivity contribution in [1.82, 2.24) is 5.32 Å². The molecule has 0 heterocycles. The molecule has 0 unspecified atom stereocenters. The average molecular weight is 341 g/mol. The molecule has 0 aliphatic carbocycles. The Bertz CT molecular complexity index is 650. The summed E-state index contributed by atoms with van der Waals surface area (Å²) in [7, 11) is 0.